The van der Waals surface area contributed by atoms with E-state index in [2.05, 4.69) is 15.6 Å². The van der Waals surface area contributed by atoms with Crippen LogP contribution in [-0.2, 0) is 10.0 Å². The lowest BCUT2D eigenvalue weighted by atomic mass is 10.2. The number of aryl methyl sites for hydroxylation is 2. The highest BCUT2D eigenvalue weighted by atomic mass is 35.5. The van der Waals surface area contributed by atoms with Crippen LogP contribution in [0.25, 0.3) is 16.7 Å². The van der Waals surface area contributed by atoms with Crippen LogP contribution in [0.2, 0.25) is 5.02 Å². The highest BCUT2D eigenvalue weighted by Crippen LogP contribution is 2.18. The molecule has 0 fully saturated rings. The number of nitrogens with one attached hydrogen (secondary N) is 2. The minimum absolute atomic E-state index is 0.167. The van der Waals surface area contributed by atoms with Crippen LogP contribution in [0.1, 0.15) is 11.4 Å². The molecule has 0 bridgehead atoms. The Morgan fingerprint density at radius 2 is 1.69 bits per heavy atom. The van der Waals surface area contributed by atoms with Gasteiger partial charge in [0.1, 0.15) is 11.1 Å². The number of hydrogen-bond acceptors (Lipinski definition) is 7. The van der Waals surface area contributed by atoms with E-state index < -0.39 is 21.6 Å². The summed E-state index contributed by atoms with van der Waals surface area (Å²) in [5.41, 5.74) is 1.46. The first kappa shape index (κ1) is 21.5. The van der Waals surface area contributed by atoms with E-state index in [1.54, 1.807) is 26.0 Å². The smallest absolute Gasteiger partial charge is 0.333 e. The molecule has 2 aromatic heterocycles. The van der Waals surface area contributed by atoms with Crippen LogP contribution in [0.15, 0.2) is 62.7 Å². The van der Waals surface area contributed by atoms with Crippen molar-refractivity contribution in [3.8, 4) is 5.69 Å². The first-order valence-electron chi connectivity index (χ1n) is 9.21. The quantitative estimate of drug-likeness (QED) is 0.464. The highest BCUT2D eigenvalue weighted by molar-refractivity contribution is 7.90. The van der Waals surface area contributed by atoms with Gasteiger partial charge in [-0.25, -0.2) is 17.9 Å². The van der Waals surface area contributed by atoms with Crippen molar-refractivity contribution in [1.29, 1.82) is 0 Å². The van der Waals surface area contributed by atoms with Gasteiger partial charge >= 0.3 is 6.03 Å². The molecule has 0 aliphatic heterocycles. The van der Waals surface area contributed by atoms with Gasteiger partial charge in [0.15, 0.2) is 5.58 Å². The maximum Gasteiger partial charge on any atom is 0.333 e. The average Bonchev–Trinajstić information content (AvgIpc) is 3.14. The van der Waals surface area contributed by atoms with Crippen LogP contribution in [-0.4, -0.2) is 29.4 Å². The number of fused-ring (bicyclic) bond motifs is 1. The van der Waals surface area contributed by atoms with E-state index in [0.717, 1.165) is 4.68 Å². The summed E-state index contributed by atoms with van der Waals surface area (Å²) in [7, 11) is -4.16. The number of halogens is 1. The third kappa shape index (κ3) is 4.07. The van der Waals surface area contributed by atoms with Gasteiger partial charge in [0.25, 0.3) is 15.6 Å². The first-order valence-corrected chi connectivity index (χ1v) is 11.1. The summed E-state index contributed by atoms with van der Waals surface area (Å²) in [5.74, 6) is 0. The number of carbonyl (C=O) groups is 1. The second-order valence-corrected chi connectivity index (χ2v) is 8.95. The van der Waals surface area contributed by atoms with E-state index in [0.29, 0.717) is 38.8 Å². The minimum atomic E-state index is -4.16. The Labute approximate surface area is 186 Å². The molecular weight excluding hydrogens is 458 g/mol. The molecule has 164 valence electrons. The second-order valence-electron chi connectivity index (χ2n) is 6.83. The number of anilines is 1. The van der Waals surface area contributed by atoms with Gasteiger partial charge < -0.3 is 9.84 Å². The Kier molecular flexibility index (Phi) is 5.45. The summed E-state index contributed by atoms with van der Waals surface area (Å²) in [6.45, 7) is 3.32. The lowest BCUT2D eigenvalue weighted by molar-refractivity contribution is 0.256. The van der Waals surface area contributed by atoms with Crippen molar-refractivity contribution in [2.75, 3.05) is 5.32 Å². The second kappa shape index (κ2) is 8.09. The standard InChI is InChI=1S/C20H16ClN5O5S/c1-11-17-18(31-24-11)12(2)23-26(19(17)27)15-7-9-16(10-8-15)32(29,30)25-20(28)22-14-5-3-13(21)4-6-14/h3-10H,1-2H3,(H2,22,25,28). The Morgan fingerprint density at radius 1 is 1.03 bits per heavy atom. The van der Waals surface area contributed by atoms with Crippen molar-refractivity contribution < 1.29 is 17.7 Å². The molecule has 4 rings (SSSR count). The number of rotatable bonds is 4. The number of amides is 2. The van der Waals surface area contributed by atoms with Gasteiger partial charge in [-0.3, -0.25) is 4.79 Å². The van der Waals surface area contributed by atoms with Gasteiger partial charge in [-0.05, 0) is 62.4 Å². The van der Waals surface area contributed by atoms with Crippen molar-refractivity contribution in [3.63, 3.8) is 0 Å². The Hall–Kier alpha value is -3.70. The fourth-order valence-electron chi connectivity index (χ4n) is 3.03. The zero-order chi connectivity index (χ0) is 23.0. The molecule has 0 saturated heterocycles. The number of aromatic nitrogens is 3. The van der Waals surface area contributed by atoms with Gasteiger partial charge in [0, 0.05) is 10.7 Å². The Bertz CT molecular complexity index is 1490. The van der Waals surface area contributed by atoms with E-state index in [4.69, 9.17) is 16.1 Å². The fraction of sp³-hybridized carbons (Fsp3) is 0.100. The molecule has 0 atom stereocenters. The molecule has 2 amide bonds. The Morgan fingerprint density at radius 3 is 2.34 bits per heavy atom. The minimum Gasteiger partial charge on any atom is -0.354 e. The van der Waals surface area contributed by atoms with E-state index in [9.17, 15) is 18.0 Å². The first-order chi connectivity index (χ1) is 15.2. The number of urea groups is 1. The molecular formula is C20H16ClN5O5S. The van der Waals surface area contributed by atoms with E-state index >= 15 is 0 Å². The number of carbonyl (C=O) groups excluding carboxylic acids is 1. The van der Waals surface area contributed by atoms with Crippen LogP contribution in [0, 0.1) is 13.8 Å². The predicted molar refractivity (Wildman–Crippen MR) is 118 cm³/mol. The van der Waals surface area contributed by atoms with Crippen molar-refractivity contribution >= 4 is 44.3 Å². The molecule has 0 aliphatic rings. The number of hydrogen-bond donors (Lipinski definition) is 2. The van der Waals surface area contributed by atoms with Crippen LogP contribution in [0.4, 0.5) is 10.5 Å². The molecule has 0 saturated carbocycles. The van der Waals surface area contributed by atoms with Gasteiger partial charge in [0.2, 0.25) is 0 Å². The van der Waals surface area contributed by atoms with Crippen LogP contribution in [0.3, 0.4) is 0 Å². The van der Waals surface area contributed by atoms with Crippen LogP contribution in [0.5, 0.6) is 0 Å². The normalized spacial score (nSPS) is 11.5. The summed E-state index contributed by atoms with van der Waals surface area (Å²) in [6.07, 6.45) is 0. The van der Waals surface area contributed by atoms with E-state index in [1.165, 1.54) is 36.4 Å². The van der Waals surface area contributed by atoms with Crippen molar-refractivity contribution in [2.24, 2.45) is 0 Å². The maximum absolute atomic E-state index is 12.8. The molecule has 32 heavy (non-hydrogen) atoms. The Balaban J connectivity index is 1.58. The number of sulfonamides is 1. The zero-order valence-corrected chi connectivity index (χ0v) is 18.4. The van der Waals surface area contributed by atoms with E-state index in [1.807, 2.05) is 4.72 Å². The van der Waals surface area contributed by atoms with Gasteiger partial charge in [-0.15, -0.1) is 0 Å². The van der Waals surface area contributed by atoms with Crippen molar-refractivity contribution in [1.82, 2.24) is 19.7 Å². The molecule has 0 unspecified atom stereocenters. The molecule has 2 heterocycles. The van der Waals surface area contributed by atoms with Crippen molar-refractivity contribution in [2.45, 2.75) is 18.7 Å². The van der Waals surface area contributed by atoms with Crippen LogP contribution < -0.4 is 15.6 Å². The van der Waals surface area contributed by atoms with Gasteiger partial charge in [-0.1, -0.05) is 16.8 Å². The third-order valence-electron chi connectivity index (χ3n) is 4.57. The summed E-state index contributed by atoms with van der Waals surface area (Å²) in [4.78, 5) is 24.7. The lowest BCUT2D eigenvalue weighted by Crippen LogP contribution is -2.34. The molecule has 0 aliphatic carbocycles. The monoisotopic (exact) mass is 473 g/mol. The highest BCUT2D eigenvalue weighted by Gasteiger charge is 2.19. The SMILES string of the molecule is Cc1nn(-c2ccc(S(=O)(=O)NC(=O)Nc3ccc(Cl)cc3)cc2)c(=O)c2c(C)noc12. The van der Waals surface area contributed by atoms with Crippen molar-refractivity contribution in [3.05, 3.63) is 75.3 Å². The predicted octanol–water partition coefficient (Wildman–Crippen LogP) is 3.15. The zero-order valence-electron chi connectivity index (χ0n) is 16.8. The molecule has 4 aromatic rings. The van der Waals surface area contributed by atoms with Gasteiger partial charge in [0.05, 0.1) is 16.3 Å². The fourth-order valence-corrected chi connectivity index (χ4v) is 4.06. The third-order valence-corrected chi connectivity index (χ3v) is 6.17. The number of benzene rings is 2. The topological polar surface area (TPSA) is 136 Å². The molecule has 12 heteroatoms. The van der Waals surface area contributed by atoms with Crippen LogP contribution >= 0.6 is 11.6 Å². The molecule has 0 spiro atoms. The maximum atomic E-state index is 12.8. The summed E-state index contributed by atoms with van der Waals surface area (Å²) in [5, 5.41) is 11.2. The summed E-state index contributed by atoms with van der Waals surface area (Å²) >= 11 is 5.78. The molecule has 2 N–H and O–H groups in total. The lowest BCUT2D eigenvalue weighted by Gasteiger charge is -2.10. The average molecular weight is 474 g/mol. The number of nitrogens with zero attached hydrogens (tertiary/aromatic N) is 3. The molecule has 0 radical (unpaired) electrons. The molecule has 10 nitrogen and oxygen atoms in total. The van der Waals surface area contributed by atoms with Gasteiger partial charge in [-0.2, -0.15) is 9.78 Å². The largest absolute Gasteiger partial charge is 0.354 e. The molecule has 2 aromatic carbocycles. The summed E-state index contributed by atoms with van der Waals surface area (Å²) < 4.78 is 33.3. The van der Waals surface area contributed by atoms with E-state index in [-0.39, 0.29) is 4.90 Å². The summed E-state index contributed by atoms with van der Waals surface area (Å²) in [6, 6.07) is 10.6.